The lowest BCUT2D eigenvalue weighted by molar-refractivity contribution is 0.415. The number of amidine groups is 1. The van der Waals surface area contributed by atoms with E-state index in [1.807, 2.05) is 0 Å². The number of fused-ring (bicyclic) bond motifs is 2. The summed E-state index contributed by atoms with van der Waals surface area (Å²) in [6.45, 7) is 5.70. The average molecular weight is 381 g/mol. The number of allylic oxidation sites excluding steroid dienone is 4. The lowest BCUT2D eigenvalue weighted by atomic mass is 9.85. The van der Waals surface area contributed by atoms with Gasteiger partial charge in [-0.3, -0.25) is 4.72 Å². The first-order valence-corrected chi connectivity index (χ1v) is 10.7. The molecule has 2 aliphatic heterocycles. The monoisotopic (exact) mass is 380 g/mol. The Morgan fingerprint density at radius 2 is 2.15 bits per heavy atom. The summed E-state index contributed by atoms with van der Waals surface area (Å²) < 4.78 is 3.41. The van der Waals surface area contributed by atoms with Gasteiger partial charge in [0.05, 0.1) is 5.70 Å². The van der Waals surface area contributed by atoms with E-state index in [0.29, 0.717) is 18.4 Å². The fraction of sp³-hybridized carbons (Fsp3) is 0.409. The van der Waals surface area contributed by atoms with Crippen LogP contribution in [0.1, 0.15) is 24.5 Å². The molecule has 0 saturated carbocycles. The van der Waals surface area contributed by atoms with E-state index < -0.39 is 0 Å². The quantitative estimate of drug-likeness (QED) is 0.619. The van der Waals surface area contributed by atoms with Gasteiger partial charge in [0.2, 0.25) is 0 Å². The minimum atomic E-state index is 0.341. The molecule has 5 heteroatoms. The van der Waals surface area contributed by atoms with E-state index in [-0.39, 0.29) is 0 Å². The SMILES string of the molecule is CC1C=CC=C2N=C(N3CCCc4ccccc4C3)C=C(SNCCN)C21. The second kappa shape index (κ2) is 8.46. The molecule has 0 bridgehead atoms. The molecule has 0 aromatic heterocycles. The number of nitrogens with one attached hydrogen (secondary N) is 1. The topological polar surface area (TPSA) is 53.6 Å². The predicted octanol–water partition coefficient (Wildman–Crippen LogP) is 3.63. The summed E-state index contributed by atoms with van der Waals surface area (Å²) in [5, 5.41) is 0. The smallest absolute Gasteiger partial charge is 0.129 e. The maximum atomic E-state index is 5.66. The largest absolute Gasteiger partial charge is 0.352 e. The third-order valence-corrected chi connectivity index (χ3v) is 6.42. The van der Waals surface area contributed by atoms with Crippen molar-refractivity contribution in [2.24, 2.45) is 22.6 Å². The Morgan fingerprint density at radius 3 is 3.00 bits per heavy atom. The maximum Gasteiger partial charge on any atom is 0.129 e. The Balaban J connectivity index is 1.63. The van der Waals surface area contributed by atoms with Gasteiger partial charge in [-0.25, -0.2) is 4.99 Å². The number of hydrogen-bond donors (Lipinski definition) is 2. The van der Waals surface area contributed by atoms with Crippen molar-refractivity contribution in [3.8, 4) is 0 Å². The molecule has 0 saturated heterocycles. The number of nitrogens with two attached hydrogens (primary N) is 1. The standard InChI is InChI=1S/C22H28N4S/c1-16-6-4-10-19-22(16)20(27-24-12-11-23)14-21(25-19)26-13-5-9-17-7-2-3-8-18(17)15-26/h2-4,6-8,10,14,16,22,24H,5,9,11-13,15,23H2,1H3. The van der Waals surface area contributed by atoms with Gasteiger partial charge < -0.3 is 10.6 Å². The van der Waals surface area contributed by atoms with Crippen molar-refractivity contribution in [1.29, 1.82) is 0 Å². The van der Waals surface area contributed by atoms with Crippen LogP contribution in [0.4, 0.5) is 0 Å². The molecule has 3 aliphatic rings. The molecule has 3 N–H and O–H groups in total. The van der Waals surface area contributed by atoms with Crippen LogP contribution in [0.25, 0.3) is 0 Å². The van der Waals surface area contributed by atoms with Crippen LogP contribution in [-0.2, 0) is 13.0 Å². The van der Waals surface area contributed by atoms with Crippen LogP contribution >= 0.6 is 11.9 Å². The van der Waals surface area contributed by atoms with E-state index >= 15 is 0 Å². The number of benzene rings is 1. The van der Waals surface area contributed by atoms with Gasteiger partial charge in [0.15, 0.2) is 0 Å². The zero-order valence-electron chi connectivity index (χ0n) is 15.9. The molecular formula is C22H28N4S. The predicted molar refractivity (Wildman–Crippen MR) is 115 cm³/mol. The second-order valence-corrected chi connectivity index (χ2v) is 8.37. The van der Waals surface area contributed by atoms with Gasteiger partial charge in [-0.15, -0.1) is 0 Å². The minimum absolute atomic E-state index is 0.341. The molecule has 2 unspecified atom stereocenters. The number of dihydropyridines is 1. The Kier molecular flexibility index (Phi) is 5.81. The highest BCUT2D eigenvalue weighted by molar-refractivity contribution is 8.01. The van der Waals surface area contributed by atoms with Gasteiger partial charge in [0.1, 0.15) is 5.84 Å². The normalized spacial score (nSPS) is 24.4. The molecule has 1 aliphatic carbocycles. The third-order valence-electron chi connectivity index (χ3n) is 5.46. The van der Waals surface area contributed by atoms with Gasteiger partial charge in [0.25, 0.3) is 0 Å². The number of nitrogens with zero attached hydrogens (tertiary/aromatic N) is 2. The van der Waals surface area contributed by atoms with E-state index in [2.05, 4.69) is 65.1 Å². The van der Waals surface area contributed by atoms with Crippen LogP contribution in [-0.4, -0.2) is 30.4 Å². The van der Waals surface area contributed by atoms with E-state index in [4.69, 9.17) is 10.7 Å². The van der Waals surface area contributed by atoms with Gasteiger partial charge >= 0.3 is 0 Å². The van der Waals surface area contributed by atoms with Crippen LogP contribution in [0.2, 0.25) is 0 Å². The molecule has 142 valence electrons. The molecule has 2 heterocycles. The molecule has 27 heavy (non-hydrogen) atoms. The molecule has 1 aromatic carbocycles. The summed E-state index contributed by atoms with van der Waals surface area (Å²) in [6.07, 6.45) is 11.2. The minimum Gasteiger partial charge on any atom is -0.352 e. The highest BCUT2D eigenvalue weighted by Crippen LogP contribution is 2.40. The lowest BCUT2D eigenvalue weighted by Crippen LogP contribution is -2.33. The van der Waals surface area contributed by atoms with Crippen molar-refractivity contribution < 1.29 is 0 Å². The number of rotatable bonds is 4. The Hall–Kier alpha value is -1.82. The fourth-order valence-corrected chi connectivity index (χ4v) is 5.06. The third kappa shape index (κ3) is 4.05. The van der Waals surface area contributed by atoms with Crippen LogP contribution in [0.15, 0.2) is 64.2 Å². The molecule has 1 aromatic rings. The second-order valence-electron chi connectivity index (χ2n) is 7.41. The highest BCUT2D eigenvalue weighted by Gasteiger charge is 2.31. The molecule has 4 rings (SSSR count). The zero-order chi connectivity index (χ0) is 18.6. The highest BCUT2D eigenvalue weighted by atomic mass is 32.2. The number of aliphatic imine (C=N–C) groups is 1. The number of aryl methyl sites for hydroxylation is 1. The molecular weight excluding hydrogens is 352 g/mol. The van der Waals surface area contributed by atoms with Crippen molar-refractivity contribution in [3.63, 3.8) is 0 Å². The van der Waals surface area contributed by atoms with E-state index in [0.717, 1.165) is 38.3 Å². The fourth-order valence-electron chi connectivity index (χ4n) is 4.05. The molecule has 4 nitrogen and oxygen atoms in total. The number of hydrogen-bond acceptors (Lipinski definition) is 5. The average Bonchev–Trinajstić information content (AvgIpc) is 2.90. The maximum absolute atomic E-state index is 5.66. The summed E-state index contributed by atoms with van der Waals surface area (Å²) in [4.78, 5) is 8.86. The van der Waals surface area contributed by atoms with Crippen LogP contribution in [0, 0.1) is 11.8 Å². The van der Waals surface area contributed by atoms with Crippen LogP contribution in [0.3, 0.4) is 0 Å². The first kappa shape index (κ1) is 18.5. The van der Waals surface area contributed by atoms with Crippen molar-refractivity contribution in [3.05, 3.63) is 70.3 Å². The summed E-state index contributed by atoms with van der Waals surface area (Å²) >= 11 is 1.72. The molecule has 0 radical (unpaired) electrons. The summed E-state index contributed by atoms with van der Waals surface area (Å²) in [7, 11) is 0. The molecule has 0 spiro atoms. The van der Waals surface area contributed by atoms with E-state index in [9.17, 15) is 0 Å². The van der Waals surface area contributed by atoms with E-state index in [1.165, 1.54) is 21.7 Å². The van der Waals surface area contributed by atoms with Gasteiger partial charge in [-0.2, -0.15) is 0 Å². The van der Waals surface area contributed by atoms with Crippen LogP contribution < -0.4 is 10.5 Å². The van der Waals surface area contributed by atoms with Gasteiger partial charge in [-0.05, 0) is 54.0 Å². The molecule has 0 amide bonds. The summed E-state index contributed by atoms with van der Waals surface area (Å²) in [5.41, 5.74) is 9.74. The summed E-state index contributed by atoms with van der Waals surface area (Å²) in [5.74, 6) is 1.89. The van der Waals surface area contributed by atoms with Gasteiger partial charge in [-0.1, -0.05) is 43.3 Å². The molecule has 0 fully saturated rings. The Morgan fingerprint density at radius 1 is 1.30 bits per heavy atom. The summed E-state index contributed by atoms with van der Waals surface area (Å²) in [6, 6.07) is 8.81. The van der Waals surface area contributed by atoms with Crippen molar-refractivity contribution >= 4 is 17.8 Å². The zero-order valence-corrected chi connectivity index (χ0v) is 16.7. The van der Waals surface area contributed by atoms with Crippen LogP contribution in [0.5, 0.6) is 0 Å². The van der Waals surface area contributed by atoms with E-state index in [1.54, 1.807) is 11.9 Å². The molecule has 2 atom stereocenters. The lowest BCUT2D eigenvalue weighted by Gasteiger charge is -2.33. The first-order valence-electron chi connectivity index (χ1n) is 9.86. The first-order chi connectivity index (χ1) is 13.3. The Labute approximate surface area is 166 Å². The van der Waals surface area contributed by atoms with Crippen molar-refractivity contribution in [2.75, 3.05) is 19.6 Å². The van der Waals surface area contributed by atoms with Crippen molar-refractivity contribution in [1.82, 2.24) is 9.62 Å². The van der Waals surface area contributed by atoms with Crippen molar-refractivity contribution in [2.45, 2.75) is 26.3 Å². The Bertz CT molecular complexity index is 808. The van der Waals surface area contributed by atoms with Gasteiger partial charge in [0, 0.05) is 37.0 Å².